The lowest BCUT2D eigenvalue weighted by atomic mass is 10.0. The lowest BCUT2D eigenvalue weighted by Crippen LogP contribution is -2.46. The molecule has 0 bridgehead atoms. The number of anilines is 1. The van der Waals surface area contributed by atoms with Crippen molar-refractivity contribution >= 4 is 11.9 Å². The second-order valence-corrected chi connectivity index (χ2v) is 5.10. The Bertz CT molecular complexity index is 444. The van der Waals surface area contributed by atoms with Crippen LogP contribution in [0.25, 0.3) is 0 Å². The molecule has 1 aromatic heterocycles. The van der Waals surface area contributed by atoms with Gasteiger partial charge in [-0.25, -0.2) is 9.78 Å². The van der Waals surface area contributed by atoms with Crippen molar-refractivity contribution in [3.05, 3.63) is 23.9 Å². The molecule has 0 radical (unpaired) electrons. The number of pyridine rings is 1. The van der Waals surface area contributed by atoms with Crippen LogP contribution in [0.15, 0.2) is 18.3 Å². The fourth-order valence-corrected chi connectivity index (χ4v) is 2.84. The minimum absolute atomic E-state index is 0.142. The van der Waals surface area contributed by atoms with Crippen LogP contribution in [0.2, 0.25) is 0 Å². The van der Waals surface area contributed by atoms with Gasteiger partial charge >= 0.3 is 6.09 Å². The minimum atomic E-state index is -0.241. The van der Waals surface area contributed by atoms with Gasteiger partial charge in [0, 0.05) is 18.7 Å². The van der Waals surface area contributed by atoms with Crippen molar-refractivity contribution in [2.24, 2.45) is 5.92 Å². The van der Waals surface area contributed by atoms with E-state index in [4.69, 9.17) is 4.74 Å². The van der Waals surface area contributed by atoms with Crippen LogP contribution in [0, 0.1) is 5.92 Å². The SMILES string of the molecule is CCc1ccc(N2CC3CCCC3OC2=O)nc1. The molecular weight excluding hydrogens is 228 g/mol. The molecule has 1 aromatic rings. The number of nitrogens with zero attached hydrogens (tertiary/aromatic N) is 2. The molecule has 3 rings (SSSR count). The van der Waals surface area contributed by atoms with Gasteiger partial charge in [0.2, 0.25) is 0 Å². The number of carbonyl (C=O) groups is 1. The van der Waals surface area contributed by atoms with Crippen molar-refractivity contribution in [1.82, 2.24) is 4.98 Å². The molecule has 2 heterocycles. The Hall–Kier alpha value is -1.58. The van der Waals surface area contributed by atoms with Crippen molar-refractivity contribution in [3.8, 4) is 0 Å². The maximum Gasteiger partial charge on any atom is 0.415 e. The maximum atomic E-state index is 12.0. The topological polar surface area (TPSA) is 42.4 Å². The fourth-order valence-electron chi connectivity index (χ4n) is 2.84. The van der Waals surface area contributed by atoms with E-state index >= 15 is 0 Å². The van der Waals surface area contributed by atoms with E-state index in [1.165, 1.54) is 12.0 Å². The number of ether oxygens (including phenoxy) is 1. The van der Waals surface area contributed by atoms with Gasteiger partial charge in [0.25, 0.3) is 0 Å². The van der Waals surface area contributed by atoms with Gasteiger partial charge in [-0.1, -0.05) is 13.0 Å². The third-order valence-corrected chi connectivity index (χ3v) is 3.97. The standard InChI is InChI=1S/C14H18N2O2/c1-2-10-6-7-13(15-8-10)16-9-11-4-3-5-12(11)18-14(16)17/h6-8,11-12H,2-5,9H2,1H3. The van der Waals surface area contributed by atoms with Gasteiger partial charge in [0.05, 0.1) is 0 Å². The van der Waals surface area contributed by atoms with Crippen LogP contribution >= 0.6 is 0 Å². The number of carbonyl (C=O) groups excluding carboxylic acids is 1. The number of fused-ring (bicyclic) bond motifs is 1. The van der Waals surface area contributed by atoms with Gasteiger partial charge in [0.1, 0.15) is 11.9 Å². The summed E-state index contributed by atoms with van der Waals surface area (Å²) in [7, 11) is 0. The number of aromatic nitrogens is 1. The zero-order valence-electron chi connectivity index (χ0n) is 10.6. The van der Waals surface area contributed by atoms with Crippen molar-refractivity contribution < 1.29 is 9.53 Å². The van der Waals surface area contributed by atoms with Crippen LogP contribution in [-0.2, 0) is 11.2 Å². The van der Waals surface area contributed by atoms with Crippen LogP contribution in [0.4, 0.5) is 10.6 Å². The minimum Gasteiger partial charge on any atom is -0.445 e. The number of hydrogen-bond donors (Lipinski definition) is 0. The number of rotatable bonds is 2. The monoisotopic (exact) mass is 246 g/mol. The van der Waals surface area contributed by atoms with Crippen LogP contribution in [0.1, 0.15) is 31.7 Å². The van der Waals surface area contributed by atoms with Gasteiger partial charge in [-0.05, 0) is 37.3 Å². The first kappa shape index (κ1) is 11.5. The van der Waals surface area contributed by atoms with Gasteiger partial charge in [-0.3, -0.25) is 4.90 Å². The first-order valence-corrected chi connectivity index (χ1v) is 6.71. The van der Waals surface area contributed by atoms with Crippen LogP contribution in [0.3, 0.4) is 0 Å². The van der Waals surface area contributed by atoms with Crippen LogP contribution < -0.4 is 4.90 Å². The molecule has 2 aliphatic rings. The van der Waals surface area contributed by atoms with Gasteiger partial charge in [0.15, 0.2) is 0 Å². The van der Waals surface area contributed by atoms with E-state index in [1.807, 2.05) is 18.3 Å². The summed E-state index contributed by atoms with van der Waals surface area (Å²) in [6.45, 7) is 2.84. The fraction of sp³-hybridized carbons (Fsp3) is 0.571. The quantitative estimate of drug-likeness (QED) is 0.805. The summed E-state index contributed by atoms with van der Waals surface area (Å²) in [6, 6.07) is 3.94. The lowest BCUT2D eigenvalue weighted by molar-refractivity contribution is 0.0633. The number of aryl methyl sites for hydroxylation is 1. The second kappa shape index (κ2) is 4.59. The molecule has 4 heteroatoms. The number of hydrogen-bond acceptors (Lipinski definition) is 3. The summed E-state index contributed by atoms with van der Waals surface area (Å²) in [5.41, 5.74) is 1.18. The molecule has 1 saturated carbocycles. The molecule has 0 aromatic carbocycles. The highest BCUT2D eigenvalue weighted by Crippen LogP contribution is 2.34. The molecule has 1 aliphatic carbocycles. The zero-order chi connectivity index (χ0) is 12.5. The van der Waals surface area contributed by atoms with E-state index in [0.29, 0.717) is 11.7 Å². The lowest BCUT2D eigenvalue weighted by Gasteiger charge is -2.33. The average molecular weight is 246 g/mol. The summed E-state index contributed by atoms with van der Waals surface area (Å²) >= 11 is 0. The maximum absolute atomic E-state index is 12.0. The van der Waals surface area contributed by atoms with Crippen LogP contribution in [-0.4, -0.2) is 23.7 Å². The Labute approximate surface area is 107 Å². The predicted octanol–water partition coefficient (Wildman–Crippen LogP) is 2.77. The highest BCUT2D eigenvalue weighted by atomic mass is 16.6. The molecule has 1 aliphatic heterocycles. The van der Waals surface area contributed by atoms with Crippen molar-refractivity contribution in [2.45, 2.75) is 38.7 Å². The van der Waals surface area contributed by atoms with E-state index in [1.54, 1.807) is 4.90 Å². The average Bonchev–Trinajstić information content (AvgIpc) is 2.85. The molecule has 2 unspecified atom stereocenters. The van der Waals surface area contributed by atoms with E-state index < -0.39 is 0 Å². The third kappa shape index (κ3) is 1.96. The first-order valence-electron chi connectivity index (χ1n) is 6.71. The summed E-state index contributed by atoms with van der Waals surface area (Å²) in [5.74, 6) is 1.19. The normalized spacial score (nSPS) is 26.9. The molecule has 4 nitrogen and oxygen atoms in total. The number of amides is 1. The molecular formula is C14H18N2O2. The van der Waals surface area contributed by atoms with E-state index in [2.05, 4.69) is 11.9 Å². The summed E-state index contributed by atoms with van der Waals surface area (Å²) in [5, 5.41) is 0. The Morgan fingerprint density at radius 2 is 2.33 bits per heavy atom. The van der Waals surface area contributed by atoms with E-state index in [9.17, 15) is 4.79 Å². The first-order chi connectivity index (χ1) is 8.78. The molecule has 2 atom stereocenters. The molecule has 0 spiro atoms. The Kier molecular flexibility index (Phi) is 2.94. The molecule has 96 valence electrons. The zero-order valence-corrected chi connectivity index (χ0v) is 10.6. The smallest absolute Gasteiger partial charge is 0.415 e. The molecule has 1 amide bonds. The Morgan fingerprint density at radius 1 is 1.44 bits per heavy atom. The highest BCUT2D eigenvalue weighted by molar-refractivity contribution is 5.87. The van der Waals surface area contributed by atoms with Gasteiger partial charge in [-0.15, -0.1) is 0 Å². The van der Waals surface area contributed by atoms with Crippen LogP contribution in [0.5, 0.6) is 0 Å². The molecule has 1 saturated heterocycles. The van der Waals surface area contributed by atoms with Gasteiger partial charge in [-0.2, -0.15) is 0 Å². The van der Waals surface area contributed by atoms with Crippen molar-refractivity contribution in [1.29, 1.82) is 0 Å². The highest BCUT2D eigenvalue weighted by Gasteiger charge is 2.39. The Morgan fingerprint density at radius 3 is 3.06 bits per heavy atom. The third-order valence-electron chi connectivity index (χ3n) is 3.97. The summed E-state index contributed by atoms with van der Waals surface area (Å²) < 4.78 is 5.48. The van der Waals surface area contributed by atoms with E-state index in [-0.39, 0.29) is 12.2 Å². The summed E-state index contributed by atoms with van der Waals surface area (Å²) in [6.07, 6.45) is 6.04. The second-order valence-electron chi connectivity index (χ2n) is 5.10. The molecule has 2 fully saturated rings. The van der Waals surface area contributed by atoms with Crippen molar-refractivity contribution in [2.75, 3.05) is 11.4 Å². The summed E-state index contributed by atoms with van der Waals surface area (Å²) in [4.78, 5) is 18.0. The molecule has 18 heavy (non-hydrogen) atoms. The van der Waals surface area contributed by atoms with Gasteiger partial charge < -0.3 is 4.74 Å². The largest absolute Gasteiger partial charge is 0.445 e. The predicted molar refractivity (Wildman–Crippen MR) is 68.6 cm³/mol. The van der Waals surface area contributed by atoms with Crippen molar-refractivity contribution in [3.63, 3.8) is 0 Å². The molecule has 0 N–H and O–H groups in total. The Balaban J connectivity index is 1.80. The van der Waals surface area contributed by atoms with E-state index in [0.717, 1.165) is 25.8 Å².